The smallest absolute Gasteiger partial charge is 0.243 e. The molecule has 0 spiro atoms. The van der Waals surface area contributed by atoms with Crippen molar-refractivity contribution in [3.8, 4) is 22.4 Å². The summed E-state index contributed by atoms with van der Waals surface area (Å²) in [6.07, 6.45) is 1.67. The summed E-state index contributed by atoms with van der Waals surface area (Å²) in [6, 6.07) is 24.1. The van der Waals surface area contributed by atoms with Crippen LogP contribution in [0, 0.1) is 0 Å². The topological polar surface area (TPSA) is 117 Å². The van der Waals surface area contributed by atoms with Crippen molar-refractivity contribution in [2.24, 2.45) is 0 Å². The molecule has 40 heavy (non-hydrogen) atoms. The second kappa shape index (κ2) is 10.6. The van der Waals surface area contributed by atoms with Crippen LogP contribution in [0.25, 0.3) is 33.4 Å². The number of furan rings is 1. The van der Waals surface area contributed by atoms with Crippen molar-refractivity contribution in [1.82, 2.24) is 19.6 Å². The number of piperazine rings is 1. The van der Waals surface area contributed by atoms with E-state index in [9.17, 15) is 13.2 Å². The summed E-state index contributed by atoms with van der Waals surface area (Å²) in [5, 5.41) is 7.29. The van der Waals surface area contributed by atoms with E-state index < -0.39 is 10.0 Å². The summed E-state index contributed by atoms with van der Waals surface area (Å²) in [4.78, 5) is 20.9. The predicted octanol–water partition coefficient (Wildman–Crippen LogP) is 5.10. The van der Waals surface area contributed by atoms with E-state index in [-0.39, 0.29) is 10.7 Å². The minimum absolute atomic E-state index is 0.102. The van der Waals surface area contributed by atoms with Crippen molar-refractivity contribution >= 4 is 38.4 Å². The van der Waals surface area contributed by atoms with Gasteiger partial charge in [-0.25, -0.2) is 18.4 Å². The van der Waals surface area contributed by atoms with Crippen LogP contribution in [0.1, 0.15) is 17.5 Å². The second-order valence-electron chi connectivity index (χ2n) is 9.57. The molecule has 3 aromatic carbocycles. The molecule has 6 rings (SSSR count). The fraction of sp³-hybridized carbons (Fsp3) is 0.167. The highest BCUT2D eigenvalue weighted by molar-refractivity contribution is 7.89. The molecule has 0 aliphatic carbocycles. The highest BCUT2D eigenvalue weighted by Crippen LogP contribution is 2.29. The lowest BCUT2D eigenvalue weighted by Gasteiger charge is -2.26. The van der Waals surface area contributed by atoms with Crippen LogP contribution in [0.5, 0.6) is 0 Å². The minimum atomic E-state index is -3.52. The molecule has 0 radical (unpaired) electrons. The van der Waals surface area contributed by atoms with E-state index in [1.807, 2.05) is 42.5 Å². The first-order valence-corrected chi connectivity index (χ1v) is 14.4. The van der Waals surface area contributed by atoms with Crippen molar-refractivity contribution in [2.75, 3.05) is 31.5 Å². The van der Waals surface area contributed by atoms with Gasteiger partial charge in [-0.15, -0.1) is 0 Å². The van der Waals surface area contributed by atoms with Gasteiger partial charge in [0.05, 0.1) is 10.6 Å². The Morgan fingerprint density at radius 1 is 0.900 bits per heavy atom. The number of hydrogen-bond donors (Lipinski definition) is 2. The number of anilines is 2. The van der Waals surface area contributed by atoms with Crippen molar-refractivity contribution in [3.05, 3.63) is 90.8 Å². The molecule has 0 amide bonds. The molecule has 9 nitrogen and oxygen atoms in total. The SMILES string of the molecule is CC(=O)c1cc2cc(-c3ccc(Nc4nccc(-c5ccc(S(=O)(=O)N6CCNCC6)cc5)n4)cc3)ccc2o1. The second-order valence-corrected chi connectivity index (χ2v) is 11.5. The molecule has 2 N–H and O–H groups in total. The number of hydrogen-bond acceptors (Lipinski definition) is 8. The first-order valence-electron chi connectivity index (χ1n) is 12.9. The average Bonchev–Trinajstić information content (AvgIpc) is 3.42. The normalized spacial score (nSPS) is 14.3. The monoisotopic (exact) mass is 553 g/mol. The molecule has 0 saturated carbocycles. The van der Waals surface area contributed by atoms with Gasteiger partial charge in [0, 0.05) is 55.9 Å². The van der Waals surface area contributed by atoms with Gasteiger partial charge >= 0.3 is 0 Å². The molecule has 3 heterocycles. The summed E-state index contributed by atoms with van der Waals surface area (Å²) in [7, 11) is -3.52. The Morgan fingerprint density at radius 3 is 2.33 bits per heavy atom. The Hall–Kier alpha value is -4.38. The largest absolute Gasteiger partial charge is 0.453 e. The molecule has 1 aliphatic heterocycles. The van der Waals surface area contributed by atoms with E-state index in [0.717, 1.165) is 27.8 Å². The molecule has 0 atom stereocenters. The van der Waals surface area contributed by atoms with Crippen molar-refractivity contribution in [3.63, 3.8) is 0 Å². The molecule has 202 valence electrons. The van der Waals surface area contributed by atoms with Crippen LogP contribution in [0.3, 0.4) is 0 Å². The van der Waals surface area contributed by atoms with Gasteiger partial charge in [-0.2, -0.15) is 4.31 Å². The van der Waals surface area contributed by atoms with E-state index in [2.05, 4.69) is 20.6 Å². The lowest BCUT2D eigenvalue weighted by Crippen LogP contribution is -2.46. The van der Waals surface area contributed by atoms with E-state index >= 15 is 0 Å². The zero-order valence-corrected chi connectivity index (χ0v) is 22.6. The number of nitrogens with zero attached hydrogens (tertiary/aromatic N) is 3. The summed E-state index contributed by atoms with van der Waals surface area (Å²) in [6.45, 7) is 3.73. The minimum Gasteiger partial charge on any atom is -0.453 e. The molecule has 0 bridgehead atoms. The third kappa shape index (κ3) is 5.24. The zero-order chi connectivity index (χ0) is 27.7. The van der Waals surface area contributed by atoms with Gasteiger partial charge in [-0.05, 0) is 59.7 Å². The Labute approximate surface area is 231 Å². The lowest BCUT2D eigenvalue weighted by atomic mass is 10.0. The standard InChI is InChI=1S/C30H27N5O4S/c1-20(36)29-19-24-18-23(6-11-28(24)39-29)21-2-7-25(8-3-21)33-30-32-13-12-27(34-30)22-4-9-26(10-5-22)40(37,38)35-16-14-31-15-17-35/h2-13,18-19,31H,14-17H2,1H3,(H,32,33,34). The zero-order valence-electron chi connectivity index (χ0n) is 21.8. The van der Waals surface area contributed by atoms with Crippen LogP contribution in [-0.2, 0) is 10.0 Å². The number of ketones is 1. The first-order chi connectivity index (χ1) is 19.4. The van der Waals surface area contributed by atoms with Crippen LogP contribution in [0.15, 0.2) is 94.4 Å². The Balaban J connectivity index is 1.17. The van der Waals surface area contributed by atoms with Gasteiger partial charge in [0.1, 0.15) is 5.58 Å². The van der Waals surface area contributed by atoms with E-state index in [0.29, 0.717) is 49.2 Å². The predicted molar refractivity (Wildman–Crippen MR) is 154 cm³/mol. The molecule has 0 unspecified atom stereocenters. The molecule has 5 aromatic rings. The van der Waals surface area contributed by atoms with Crippen molar-refractivity contribution in [1.29, 1.82) is 0 Å². The third-order valence-corrected chi connectivity index (χ3v) is 8.77. The van der Waals surface area contributed by atoms with Crippen molar-refractivity contribution in [2.45, 2.75) is 11.8 Å². The lowest BCUT2D eigenvalue weighted by molar-refractivity contribution is 0.0989. The summed E-state index contributed by atoms with van der Waals surface area (Å²) < 4.78 is 33.0. The molecule has 1 aliphatic rings. The van der Waals surface area contributed by atoms with Crippen LogP contribution in [0.2, 0.25) is 0 Å². The van der Waals surface area contributed by atoms with Crippen molar-refractivity contribution < 1.29 is 17.6 Å². The maximum Gasteiger partial charge on any atom is 0.243 e. The van der Waals surface area contributed by atoms with Crippen LogP contribution >= 0.6 is 0 Å². The first kappa shape index (κ1) is 25.9. The molecule has 1 fully saturated rings. The number of sulfonamides is 1. The summed E-state index contributed by atoms with van der Waals surface area (Å²) >= 11 is 0. The van der Waals surface area contributed by atoms with Gasteiger partial charge in [-0.1, -0.05) is 30.3 Å². The van der Waals surface area contributed by atoms with Crippen LogP contribution in [0.4, 0.5) is 11.6 Å². The number of fused-ring (bicyclic) bond motifs is 1. The number of carbonyl (C=O) groups excluding carboxylic acids is 1. The Morgan fingerprint density at radius 2 is 1.60 bits per heavy atom. The van der Waals surface area contributed by atoms with Gasteiger partial charge in [-0.3, -0.25) is 4.79 Å². The van der Waals surface area contributed by atoms with Gasteiger partial charge < -0.3 is 15.1 Å². The third-order valence-electron chi connectivity index (χ3n) is 6.86. The number of nitrogens with one attached hydrogen (secondary N) is 2. The summed E-state index contributed by atoms with van der Waals surface area (Å²) in [5.74, 6) is 0.680. The van der Waals surface area contributed by atoms with Gasteiger partial charge in [0.2, 0.25) is 16.0 Å². The van der Waals surface area contributed by atoms with Crippen LogP contribution in [-0.4, -0.2) is 54.7 Å². The highest BCUT2D eigenvalue weighted by Gasteiger charge is 2.25. The molecule has 2 aromatic heterocycles. The Bertz CT molecular complexity index is 1790. The molecular weight excluding hydrogens is 526 g/mol. The van der Waals surface area contributed by atoms with E-state index in [4.69, 9.17) is 4.42 Å². The maximum absolute atomic E-state index is 12.9. The number of aromatic nitrogens is 2. The van der Waals surface area contributed by atoms with Crippen LogP contribution < -0.4 is 10.6 Å². The average molecular weight is 554 g/mol. The van der Waals surface area contributed by atoms with E-state index in [1.54, 1.807) is 42.6 Å². The molecule has 1 saturated heterocycles. The summed E-state index contributed by atoms with van der Waals surface area (Å²) in [5.41, 5.74) is 5.00. The fourth-order valence-corrected chi connectivity index (χ4v) is 6.12. The molecular formula is C30H27N5O4S. The Kier molecular flexibility index (Phi) is 6.89. The highest BCUT2D eigenvalue weighted by atomic mass is 32.2. The van der Waals surface area contributed by atoms with Gasteiger partial charge in [0.25, 0.3) is 0 Å². The fourth-order valence-electron chi connectivity index (χ4n) is 4.68. The maximum atomic E-state index is 12.9. The number of Topliss-reactive ketones (excluding diaryl/α,β-unsaturated/α-hetero) is 1. The van der Waals surface area contributed by atoms with Gasteiger partial charge in [0.15, 0.2) is 11.5 Å². The van der Waals surface area contributed by atoms with E-state index in [1.165, 1.54) is 11.2 Å². The molecule has 10 heteroatoms. The number of rotatable bonds is 7. The number of benzene rings is 3. The quantitative estimate of drug-likeness (QED) is 0.268. The number of carbonyl (C=O) groups is 1.